The Hall–Kier alpha value is -1.65. The maximum absolute atomic E-state index is 11.5. The molecule has 0 unspecified atom stereocenters. The van der Waals surface area contributed by atoms with Gasteiger partial charge in [0.15, 0.2) is 5.60 Å². The number of aliphatic hydroxyl groups excluding tert-OH is 2. The van der Waals surface area contributed by atoms with Gasteiger partial charge in [-0.2, -0.15) is 0 Å². The molecule has 4 nitrogen and oxygen atoms in total. The first-order chi connectivity index (χ1) is 8.53. The summed E-state index contributed by atoms with van der Waals surface area (Å²) in [4.78, 5) is 11.5. The van der Waals surface area contributed by atoms with E-state index in [0.29, 0.717) is 16.7 Å². The molecule has 1 heterocycles. The van der Waals surface area contributed by atoms with Crippen LogP contribution in [0.25, 0.3) is 0 Å². The van der Waals surface area contributed by atoms with E-state index in [1.807, 2.05) is 6.07 Å². The molecular formula is C14H14O4. The highest BCUT2D eigenvalue weighted by molar-refractivity contribution is 5.91. The van der Waals surface area contributed by atoms with Gasteiger partial charge in [0.05, 0.1) is 6.10 Å². The summed E-state index contributed by atoms with van der Waals surface area (Å²) in [7, 11) is 0. The van der Waals surface area contributed by atoms with Crippen molar-refractivity contribution < 1.29 is 19.7 Å². The number of hydrogen-bond acceptors (Lipinski definition) is 4. The summed E-state index contributed by atoms with van der Waals surface area (Å²) in [6.45, 7) is 1.65. The quantitative estimate of drug-likeness (QED) is 0.679. The molecule has 18 heavy (non-hydrogen) atoms. The van der Waals surface area contributed by atoms with Crippen molar-refractivity contribution in [2.75, 3.05) is 0 Å². The van der Waals surface area contributed by atoms with Crippen molar-refractivity contribution in [1.82, 2.24) is 0 Å². The Morgan fingerprint density at radius 2 is 1.94 bits per heavy atom. The van der Waals surface area contributed by atoms with Crippen molar-refractivity contribution in [2.24, 2.45) is 0 Å². The van der Waals surface area contributed by atoms with Crippen molar-refractivity contribution >= 4 is 5.97 Å². The number of carbonyl (C=O) groups excluding carboxylic acids is 1. The zero-order valence-corrected chi connectivity index (χ0v) is 9.96. The maximum Gasteiger partial charge on any atom is 0.334 e. The van der Waals surface area contributed by atoms with E-state index in [4.69, 9.17) is 4.74 Å². The lowest BCUT2D eigenvalue weighted by Gasteiger charge is -2.39. The standard InChI is InChI=1S/C14H14O4/c1-8-6-14(18-13(8)17)7-11(15)9-4-2-3-5-10(9)12(14)16/h2-6,11-12,15-16H,7H2,1H3/t11-,12-,14-/m0/s1. The highest BCUT2D eigenvalue weighted by Gasteiger charge is 2.50. The normalized spacial score (nSPS) is 34.2. The molecule has 1 aliphatic carbocycles. The minimum absolute atomic E-state index is 0.189. The number of benzene rings is 1. The molecular weight excluding hydrogens is 232 g/mol. The minimum atomic E-state index is -1.12. The molecule has 1 aliphatic heterocycles. The third kappa shape index (κ3) is 1.43. The van der Waals surface area contributed by atoms with Gasteiger partial charge in [0.1, 0.15) is 6.10 Å². The van der Waals surface area contributed by atoms with Crippen LogP contribution in [0.3, 0.4) is 0 Å². The van der Waals surface area contributed by atoms with Crippen LogP contribution in [-0.4, -0.2) is 21.8 Å². The van der Waals surface area contributed by atoms with Crippen molar-refractivity contribution in [3.8, 4) is 0 Å². The summed E-state index contributed by atoms with van der Waals surface area (Å²) in [6, 6.07) is 7.14. The molecule has 0 aromatic heterocycles. The molecule has 2 N–H and O–H groups in total. The Kier molecular flexibility index (Phi) is 2.33. The number of hydrogen-bond donors (Lipinski definition) is 2. The monoisotopic (exact) mass is 246 g/mol. The Morgan fingerprint density at radius 3 is 2.56 bits per heavy atom. The topological polar surface area (TPSA) is 66.8 Å². The number of fused-ring (bicyclic) bond motifs is 1. The molecule has 3 atom stereocenters. The fourth-order valence-electron chi connectivity index (χ4n) is 2.79. The summed E-state index contributed by atoms with van der Waals surface area (Å²) in [5.41, 5.74) is 0.676. The summed E-state index contributed by atoms with van der Waals surface area (Å²) >= 11 is 0. The molecule has 0 saturated heterocycles. The first-order valence-electron chi connectivity index (χ1n) is 5.91. The van der Waals surface area contributed by atoms with Gasteiger partial charge in [0, 0.05) is 12.0 Å². The van der Waals surface area contributed by atoms with Gasteiger partial charge in [0.2, 0.25) is 0 Å². The summed E-state index contributed by atoms with van der Waals surface area (Å²) < 4.78 is 5.30. The summed E-state index contributed by atoms with van der Waals surface area (Å²) in [5, 5.41) is 20.6. The lowest BCUT2D eigenvalue weighted by Crippen LogP contribution is -2.41. The second-order valence-corrected chi connectivity index (χ2v) is 4.92. The van der Waals surface area contributed by atoms with Gasteiger partial charge in [-0.25, -0.2) is 4.79 Å². The SMILES string of the molecule is CC1=C[C@@]2(C[C@H](O)c3ccccc3[C@@H]2O)OC1=O. The third-order valence-electron chi connectivity index (χ3n) is 3.69. The van der Waals surface area contributed by atoms with E-state index in [1.165, 1.54) is 0 Å². The largest absolute Gasteiger partial charge is 0.448 e. The van der Waals surface area contributed by atoms with E-state index in [9.17, 15) is 15.0 Å². The van der Waals surface area contributed by atoms with Crippen molar-refractivity contribution in [1.29, 1.82) is 0 Å². The molecule has 94 valence electrons. The molecule has 0 amide bonds. The number of rotatable bonds is 0. The number of esters is 1. The lowest BCUT2D eigenvalue weighted by molar-refractivity contribution is -0.162. The second kappa shape index (κ2) is 3.67. The second-order valence-electron chi connectivity index (χ2n) is 4.92. The van der Waals surface area contributed by atoms with Gasteiger partial charge in [-0.15, -0.1) is 0 Å². The van der Waals surface area contributed by atoms with Crippen molar-refractivity contribution in [3.63, 3.8) is 0 Å². The molecule has 0 fully saturated rings. The van der Waals surface area contributed by atoms with E-state index in [0.717, 1.165) is 0 Å². The number of aliphatic hydroxyl groups is 2. The first-order valence-corrected chi connectivity index (χ1v) is 5.91. The van der Waals surface area contributed by atoms with Crippen molar-refractivity contribution in [2.45, 2.75) is 31.2 Å². The molecule has 1 aromatic carbocycles. The smallest absolute Gasteiger partial charge is 0.334 e. The molecule has 2 aliphatic rings. The Labute approximate surface area is 105 Å². The number of ether oxygens (including phenoxy) is 1. The highest BCUT2D eigenvalue weighted by atomic mass is 16.6. The van der Waals surface area contributed by atoms with Crippen LogP contribution in [0.5, 0.6) is 0 Å². The lowest BCUT2D eigenvalue weighted by atomic mass is 9.76. The van der Waals surface area contributed by atoms with Gasteiger partial charge in [-0.1, -0.05) is 24.3 Å². The van der Waals surface area contributed by atoms with Crippen LogP contribution in [-0.2, 0) is 9.53 Å². The van der Waals surface area contributed by atoms with Gasteiger partial charge < -0.3 is 14.9 Å². The molecule has 0 saturated carbocycles. The predicted octanol–water partition coefficient (Wildman–Crippen LogP) is 1.40. The minimum Gasteiger partial charge on any atom is -0.448 e. The van der Waals surface area contributed by atoms with Gasteiger partial charge in [-0.05, 0) is 24.1 Å². The fraction of sp³-hybridized carbons (Fsp3) is 0.357. The summed E-state index contributed by atoms with van der Waals surface area (Å²) in [5.74, 6) is -0.430. The van der Waals surface area contributed by atoms with E-state index in [1.54, 1.807) is 31.2 Å². The van der Waals surface area contributed by atoms with E-state index in [-0.39, 0.29) is 6.42 Å². The fourth-order valence-corrected chi connectivity index (χ4v) is 2.79. The van der Waals surface area contributed by atoms with Crippen LogP contribution in [0.2, 0.25) is 0 Å². The molecule has 1 aromatic rings. The van der Waals surface area contributed by atoms with Crippen molar-refractivity contribution in [3.05, 3.63) is 47.0 Å². The Balaban J connectivity index is 2.11. The van der Waals surface area contributed by atoms with Gasteiger partial charge >= 0.3 is 5.97 Å². The zero-order valence-electron chi connectivity index (χ0n) is 9.96. The van der Waals surface area contributed by atoms with E-state index >= 15 is 0 Å². The maximum atomic E-state index is 11.5. The average Bonchev–Trinajstić information content (AvgIpc) is 2.63. The molecule has 1 spiro atoms. The van der Waals surface area contributed by atoms with Crippen LogP contribution in [0, 0.1) is 0 Å². The molecule has 0 bridgehead atoms. The van der Waals surface area contributed by atoms with Crippen LogP contribution in [0.4, 0.5) is 0 Å². The third-order valence-corrected chi connectivity index (χ3v) is 3.69. The first kappa shape index (κ1) is 11.4. The van der Waals surface area contributed by atoms with Crippen LogP contribution in [0.1, 0.15) is 36.7 Å². The molecule has 0 radical (unpaired) electrons. The molecule has 4 heteroatoms. The molecule has 3 rings (SSSR count). The average molecular weight is 246 g/mol. The predicted molar refractivity (Wildman–Crippen MR) is 63.6 cm³/mol. The Morgan fingerprint density at radius 1 is 1.28 bits per heavy atom. The van der Waals surface area contributed by atoms with E-state index in [2.05, 4.69) is 0 Å². The van der Waals surface area contributed by atoms with Crippen LogP contribution < -0.4 is 0 Å². The summed E-state index contributed by atoms with van der Waals surface area (Å²) in [6.07, 6.45) is 0.144. The van der Waals surface area contributed by atoms with E-state index < -0.39 is 23.8 Å². The number of carbonyl (C=O) groups is 1. The zero-order chi connectivity index (χ0) is 12.9. The van der Waals surface area contributed by atoms with Gasteiger partial charge in [0.25, 0.3) is 0 Å². The van der Waals surface area contributed by atoms with Crippen LogP contribution in [0.15, 0.2) is 35.9 Å². The van der Waals surface area contributed by atoms with Gasteiger partial charge in [-0.3, -0.25) is 0 Å². The highest BCUT2D eigenvalue weighted by Crippen LogP contribution is 2.48. The Bertz CT molecular complexity index is 548. The van der Waals surface area contributed by atoms with Crippen LogP contribution >= 0.6 is 0 Å².